The standard InChI is InChI=1S/C18H34O3/c1-10-6-7-11(2)16-14(10)8-12(3)17(15(16)9-19)18(5,21)13(4)20/h10-17,19-21H,6-9H2,1-5H3/t10-,11-,12-,13?,14-,15-,16+,17+,18?/m0/s1. The van der Waals surface area contributed by atoms with E-state index in [1.54, 1.807) is 13.8 Å². The molecule has 2 unspecified atom stereocenters. The zero-order valence-corrected chi connectivity index (χ0v) is 14.3. The van der Waals surface area contributed by atoms with Crippen LogP contribution in [0.2, 0.25) is 0 Å². The molecule has 124 valence electrons. The van der Waals surface area contributed by atoms with Crippen LogP contribution in [0.1, 0.15) is 53.9 Å². The normalized spacial score (nSPS) is 48.3. The predicted octanol–water partition coefficient (Wildman–Crippen LogP) is 2.68. The Labute approximate surface area is 129 Å². The highest BCUT2D eigenvalue weighted by Crippen LogP contribution is 2.55. The molecule has 0 saturated heterocycles. The first-order chi connectivity index (χ1) is 9.71. The highest BCUT2D eigenvalue weighted by atomic mass is 16.3. The van der Waals surface area contributed by atoms with Crippen molar-refractivity contribution in [1.29, 1.82) is 0 Å². The second-order valence-corrected chi connectivity index (χ2v) is 8.26. The summed E-state index contributed by atoms with van der Waals surface area (Å²) in [5.74, 6) is 2.84. The first-order valence-electron chi connectivity index (χ1n) is 8.73. The van der Waals surface area contributed by atoms with Crippen molar-refractivity contribution in [2.45, 2.75) is 65.6 Å². The van der Waals surface area contributed by atoms with Gasteiger partial charge in [-0.2, -0.15) is 0 Å². The number of rotatable bonds is 3. The fourth-order valence-corrected chi connectivity index (χ4v) is 5.62. The van der Waals surface area contributed by atoms with Gasteiger partial charge in [-0.05, 0) is 61.7 Å². The van der Waals surface area contributed by atoms with Gasteiger partial charge in [-0.15, -0.1) is 0 Å². The van der Waals surface area contributed by atoms with Crippen LogP contribution in [0.4, 0.5) is 0 Å². The van der Waals surface area contributed by atoms with Gasteiger partial charge in [0.25, 0.3) is 0 Å². The zero-order valence-electron chi connectivity index (χ0n) is 14.3. The van der Waals surface area contributed by atoms with Gasteiger partial charge in [0.1, 0.15) is 0 Å². The molecule has 3 N–H and O–H groups in total. The molecule has 0 heterocycles. The molecule has 9 atom stereocenters. The van der Waals surface area contributed by atoms with E-state index in [1.165, 1.54) is 12.8 Å². The molecule has 0 aromatic heterocycles. The largest absolute Gasteiger partial charge is 0.396 e. The SMILES string of the molecule is CC(O)C(C)(O)[C@H]1[C@@H](CO)[C@H]2[C@@H](C[C@@H]1C)[C@@H](C)CC[C@@H]2C. The fraction of sp³-hybridized carbons (Fsp3) is 1.00. The second-order valence-electron chi connectivity index (χ2n) is 8.26. The summed E-state index contributed by atoms with van der Waals surface area (Å²) < 4.78 is 0. The Kier molecular flexibility index (Phi) is 5.07. The van der Waals surface area contributed by atoms with Crippen LogP contribution in [0.25, 0.3) is 0 Å². The van der Waals surface area contributed by atoms with Crippen LogP contribution < -0.4 is 0 Å². The average molecular weight is 298 g/mol. The van der Waals surface area contributed by atoms with Gasteiger partial charge in [-0.3, -0.25) is 0 Å². The third-order valence-electron chi connectivity index (χ3n) is 6.90. The van der Waals surface area contributed by atoms with Crippen molar-refractivity contribution in [3.05, 3.63) is 0 Å². The Hall–Kier alpha value is -0.120. The lowest BCUT2D eigenvalue weighted by molar-refractivity contribution is -0.173. The lowest BCUT2D eigenvalue weighted by Crippen LogP contribution is -2.58. The number of aliphatic hydroxyl groups is 3. The zero-order chi connectivity index (χ0) is 15.9. The minimum atomic E-state index is -1.13. The molecule has 0 bridgehead atoms. The van der Waals surface area contributed by atoms with Gasteiger partial charge < -0.3 is 15.3 Å². The molecule has 2 rings (SSSR count). The van der Waals surface area contributed by atoms with Crippen LogP contribution in [0.3, 0.4) is 0 Å². The van der Waals surface area contributed by atoms with E-state index in [-0.39, 0.29) is 18.4 Å². The molecule has 0 spiro atoms. The molecule has 2 saturated carbocycles. The van der Waals surface area contributed by atoms with Crippen molar-refractivity contribution >= 4 is 0 Å². The van der Waals surface area contributed by atoms with E-state index < -0.39 is 11.7 Å². The van der Waals surface area contributed by atoms with Crippen LogP contribution in [0.5, 0.6) is 0 Å². The molecule has 0 radical (unpaired) electrons. The van der Waals surface area contributed by atoms with Crippen molar-refractivity contribution in [3.63, 3.8) is 0 Å². The maximum Gasteiger partial charge on any atom is 0.0908 e. The molecule has 21 heavy (non-hydrogen) atoms. The van der Waals surface area contributed by atoms with Gasteiger partial charge >= 0.3 is 0 Å². The molecule has 0 aromatic rings. The molecule has 0 aromatic carbocycles. The molecule has 2 aliphatic carbocycles. The summed E-state index contributed by atoms with van der Waals surface area (Å²) in [6.45, 7) is 10.4. The third kappa shape index (κ3) is 2.89. The Balaban J connectivity index is 2.35. The maximum absolute atomic E-state index is 10.9. The fourth-order valence-electron chi connectivity index (χ4n) is 5.62. The summed E-state index contributed by atoms with van der Waals surface area (Å²) in [5.41, 5.74) is -1.13. The predicted molar refractivity (Wildman–Crippen MR) is 84.7 cm³/mol. The molecule has 2 fully saturated rings. The quantitative estimate of drug-likeness (QED) is 0.751. The van der Waals surface area contributed by atoms with Gasteiger partial charge in [0.15, 0.2) is 0 Å². The van der Waals surface area contributed by atoms with Crippen molar-refractivity contribution in [1.82, 2.24) is 0 Å². The highest BCUT2D eigenvalue weighted by molar-refractivity contribution is 5.03. The van der Waals surface area contributed by atoms with E-state index in [0.717, 1.165) is 6.42 Å². The highest BCUT2D eigenvalue weighted by Gasteiger charge is 2.54. The van der Waals surface area contributed by atoms with Crippen molar-refractivity contribution < 1.29 is 15.3 Å². The molecule has 3 heteroatoms. The molecule has 0 amide bonds. The van der Waals surface area contributed by atoms with Gasteiger partial charge in [0.2, 0.25) is 0 Å². The molecule has 3 nitrogen and oxygen atoms in total. The summed E-state index contributed by atoms with van der Waals surface area (Å²) in [5, 5.41) is 31.0. The first-order valence-corrected chi connectivity index (χ1v) is 8.73. The average Bonchev–Trinajstić information content (AvgIpc) is 2.41. The van der Waals surface area contributed by atoms with Gasteiger partial charge in [0, 0.05) is 6.61 Å². The Bertz CT molecular complexity index is 352. The monoisotopic (exact) mass is 298 g/mol. The van der Waals surface area contributed by atoms with E-state index in [1.807, 2.05) is 0 Å². The summed E-state index contributed by atoms with van der Waals surface area (Å²) in [4.78, 5) is 0. The van der Waals surface area contributed by atoms with Crippen LogP contribution >= 0.6 is 0 Å². The van der Waals surface area contributed by atoms with E-state index >= 15 is 0 Å². The lowest BCUT2D eigenvalue weighted by Gasteiger charge is -2.56. The third-order valence-corrected chi connectivity index (χ3v) is 6.90. The topological polar surface area (TPSA) is 60.7 Å². The van der Waals surface area contributed by atoms with Crippen molar-refractivity contribution in [3.8, 4) is 0 Å². The van der Waals surface area contributed by atoms with Crippen molar-refractivity contribution in [2.75, 3.05) is 6.61 Å². The van der Waals surface area contributed by atoms with E-state index in [9.17, 15) is 15.3 Å². The molecule has 0 aliphatic heterocycles. The van der Waals surface area contributed by atoms with Gasteiger partial charge in [-0.25, -0.2) is 0 Å². The van der Waals surface area contributed by atoms with E-state index in [0.29, 0.717) is 29.6 Å². The molecular formula is C18H34O3. The summed E-state index contributed by atoms with van der Waals surface area (Å²) in [6, 6.07) is 0. The van der Waals surface area contributed by atoms with Crippen molar-refractivity contribution in [2.24, 2.45) is 41.4 Å². The summed E-state index contributed by atoms with van der Waals surface area (Å²) in [7, 11) is 0. The lowest BCUT2D eigenvalue weighted by atomic mass is 9.50. The second kappa shape index (κ2) is 6.17. The van der Waals surface area contributed by atoms with Gasteiger partial charge in [-0.1, -0.05) is 33.6 Å². The Morgan fingerprint density at radius 3 is 2.19 bits per heavy atom. The van der Waals surface area contributed by atoms with Crippen LogP contribution in [-0.2, 0) is 0 Å². The van der Waals surface area contributed by atoms with Crippen LogP contribution in [0.15, 0.2) is 0 Å². The van der Waals surface area contributed by atoms with Gasteiger partial charge in [0.05, 0.1) is 11.7 Å². The maximum atomic E-state index is 10.9. The number of hydrogen-bond acceptors (Lipinski definition) is 3. The Morgan fingerprint density at radius 2 is 1.67 bits per heavy atom. The van der Waals surface area contributed by atoms with Crippen LogP contribution in [0, 0.1) is 41.4 Å². The van der Waals surface area contributed by atoms with E-state index in [4.69, 9.17) is 0 Å². The number of fused-ring (bicyclic) bond motifs is 1. The van der Waals surface area contributed by atoms with E-state index in [2.05, 4.69) is 20.8 Å². The van der Waals surface area contributed by atoms with Crippen LogP contribution in [-0.4, -0.2) is 33.6 Å². The first kappa shape index (κ1) is 17.2. The summed E-state index contributed by atoms with van der Waals surface area (Å²) >= 11 is 0. The number of hydrogen-bond donors (Lipinski definition) is 3. The number of aliphatic hydroxyl groups excluding tert-OH is 2. The molecular weight excluding hydrogens is 264 g/mol. The summed E-state index contributed by atoms with van der Waals surface area (Å²) in [6.07, 6.45) is 2.84. The molecule has 2 aliphatic rings. The Morgan fingerprint density at radius 1 is 1.10 bits per heavy atom. The minimum absolute atomic E-state index is 0.0310. The minimum Gasteiger partial charge on any atom is -0.396 e. The smallest absolute Gasteiger partial charge is 0.0908 e.